The Labute approximate surface area is 133 Å². The number of benzene rings is 2. The molecule has 0 saturated heterocycles. The second-order valence-corrected chi connectivity index (χ2v) is 7.16. The second-order valence-electron chi connectivity index (χ2n) is 5.17. The van der Waals surface area contributed by atoms with Gasteiger partial charge in [0.25, 0.3) is 0 Å². The maximum Gasteiger partial charge on any atom is 0.335 e. The lowest BCUT2D eigenvalue weighted by molar-refractivity contribution is 0.0697. The largest absolute Gasteiger partial charge is 0.478 e. The summed E-state index contributed by atoms with van der Waals surface area (Å²) in [5, 5.41) is 9.70. The molecule has 3 rings (SSSR count). The van der Waals surface area contributed by atoms with Crippen molar-refractivity contribution < 1.29 is 18.3 Å². The van der Waals surface area contributed by atoms with Gasteiger partial charge in [-0.3, -0.25) is 4.98 Å². The summed E-state index contributed by atoms with van der Waals surface area (Å²) < 4.78 is 24.3. The molecule has 0 bridgehead atoms. The molecule has 0 atom stereocenters. The average molecular weight is 327 g/mol. The molecule has 1 heterocycles. The average Bonchev–Trinajstić information content (AvgIpc) is 2.53. The summed E-state index contributed by atoms with van der Waals surface area (Å²) in [5.41, 5.74) is 1.80. The number of sulfone groups is 1. The van der Waals surface area contributed by atoms with Gasteiger partial charge < -0.3 is 5.11 Å². The van der Waals surface area contributed by atoms with Crippen molar-refractivity contribution in [3.05, 3.63) is 60.3 Å². The molecule has 0 fully saturated rings. The van der Waals surface area contributed by atoms with Crippen LogP contribution in [0, 0.1) is 0 Å². The number of carboxylic acid groups (broad SMARTS) is 1. The first-order valence-electron chi connectivity index (χ1n) is 6.79. The van der Waals surface area contributed by atoms with Gasteiger partial charge in [-0.05, 0) is 23.8 Å². The van der Waals surface area contributed by atoms with Crippen molar-refractivity contribution in [2.45, 2.75) is 4.90 Å². The molecule has 0 amide bonds. The quantitative estimate of drug-likeness (QED) is 0.799. The summed E-state index contributed by atoms with van der Waals surface area (Å²) in [6.07, 6.45) is 2.43. The zero-order chi connectivity index (χ0) is 16.6. The van der Waals surface area contributed by atoms with Gasteiger partial charge in [0.1, 0.15) is 0 Å². The van der Waals surface area contributed by atoms with E-state index in [1.54, 1.807) is 30.3 Å². The van der Waals surface area contributed by atoms with Crippen LogP contribution in [-0.4, -0.2) is 30.7 Å². The molecule has 0 aliphatic heterocycles. The molecular weight excluding hydrogens is 314 g/mol. The van der Waals surface area contributed by atoms with E-state index in [2.05, 4.69) is 4.98 Å². The number of hydrogen-bond donors (Lipinski definition) is 1. The van der Waals surface area contributed by atoms with Gasteiger partial charge in [-0.1, -0.05) is 30.3 Å². The summed E-state index contributed by atoms with van der Waals surface area (Å²) in [6, 6.07) is 13.5. The van der Waals surface area contributed by atoms with Gasteiger partial charge in [-0.15, -0.1) is 0 Å². The van der Waals surface area contributed by atoms with Crippen LogP contribution in [0.1, 0.15) is 10.4 Å². The third-order valence-electron chi connectivity index (χ3n) is 3.54. The lowest BCUT2D eigenvalue weighted by atomic mass is 10.00. The van der Waals surface area contributed by atoms with Gasteiger partial charge in [-0.2, -0.15) is 0 Å². The van der Waals surface area contributed by atoms with Crippen molar-refractivity contribution in [2.75, 3.05) is 6.26 Å². The summed E-state index contributed by atoms with van der Waals surface area (Å²) in [6.45, 7) is 0. The molecule has 23 heavy (non-hydrogen) atoms. The molecule has 0 radical (unpaired) electrons. The monoisotopic (exact) mass is 327 g/mol. The van der Waals surface area contributed by atoms with Crippen LogP contribution in [-0.2, 0) is 9.84 Å². The van der Waals surface area contributed by atoms with Gasteiger partial charge >= 0.3 is 5.97 Å². The Hall–Kier alpha value is -2.73. The minimum absolute atomic E-state index is 0.0822. The maximum atomic E-state index is 12.1. The zero-order valence-electron chi connectivity index (χ0n) is 12.2. The Morgan fingerprint density at radius 3 is 2.39 bits per heavy atom. The molecule has 0 unspecified atom stereocenters. The number of aromatic nitrogens is 1. The smallest absolute Gasteiger partial charge is 0.335 e. The predicted octanol–water partition coefficient (Wildman–Crippen LogP) is 3.00. The Morgan fingerprint density at radius 1 is 1.09 bits per heavy atom. The van der Waals surface area contributed by atoms with E-state index in [9.17, 15) is 18.3 Å². The molecule has 0 spiro atoms. The molecule has 1 N–H and O–H groups in total. The van der Waals surface area contributed by atoms with E-state index < -0.39 is 15.8 Å². The third kappa shape index (κ3) is 2.80. The molecule has 0 saturated carbocycles. The lowest BCUT2D eigenvalue weighted by Gasteiger charge is -2.12. The molecule has 6 heteroatoms. The van der Waals surface area contributed by atoms with Crippen molar-refractivity contribution >= 4 is 26.7 Å². The van der Waals surface area contributed by atoms with Crippen LogP contribution in [0.4, 0.5) is 0 Å². The maximum absolute atomic E-state index is 12.1. The highest BCUT2D eigenvalue weighted by Gasteiger charge is 2.19. The fourth-order valence-electron chi connectivity index (χ4n) is 2.49. The van der Waals surface area contributed by atoms with E-state index in [1.807, 2.05) is 6.07 Å². The van der Waals surface area contributed by atoms with E-state index in [4.69, 9.17) is 0 Å². The topological polar surface area (TPSA) is 84.3 Å². The minimum Gasteiger partial charge on any atom is -0.478 e. The number of nitrogens with zero attached hydrogens (tertiary/aromatic N) is 1. The number of rotatable bonds is 3. The zero-order valence-corrected chi connectivity index (χ0v) is 13.0. The van der Waals surface area contributed by atoms with Gasteiger partial charge in [0.15, 0.2) is 9.84 Å². The van der Waals surface area contributed by atoms with Crippen molar-refractivity contribution in [3.8, 4) is 11.1 Å². The standard InChI is InChI=1S/C17H13NO4S/c1-23(21,22)15-10-18-14-8-7-12(17(19)20)9-13(14)16(15)11-5-3-2-4-6-11/h2-10H,1H3,(H,19,20). The van der Waals surface area contributed by atoms with Crippen LogP contribution >= 0.6 is 0 Å². The van der Waals surface area contributed by atoms with E-state index in [0.29, 0.717) is 22.0 Å². The van der Waals surface area contributed by atoms with Gasteiger partial charge in [0, 0.05) is 23.4 Å². The van der Waals surface area contributed by atoms with E-state index in [0.717, 1.165) is 6.26 Å². The number of hydrogen-bond acceptors (Lipinski definition) is 4. The van der Waals surface area contributed by atoms with Crippen LogP contribution in [0.3, 0.4) is 0 Å². The van der Waals surface area contributed by atoms with Crippen LogP contribution < -0.4 is 0 Å². The minimum atomic E-state index is -3.52. The normalized spacial score (nSPS) is 11.5. The number of fused-ring (bicyclic) bond motifs is 1. The summed E-state index contributed by atoms with van der Waals surface area (Å²) in [7, 11) is -3.52. The highest BCUT2D eigenvalue weighted by molar-refractivity contribution is 7.90. The van der Waals surface area contributed by atoms with Gasteiger partial charge in [0.05, 0.1) is 16.0 Å². The number of aromatic carboxylic acids is 1. The Morgan fingerprint density at radius 2 is 1.78 bits per heavy atom. The van der Waals surface area contributed by atoms with Crippen LogP contribution in [0.5, 0.6) is 0 Å². The SMILES string of the molecule is CS(=O)(=O)c1cnc2ccc(C(=O)O)cc2c1-c1ccccc1. The van der Waals surface area contributed by atoms with E-state index >= 15 is 0 Å². The first-order valence-corrected chi connectivity index (χ1v) is 8.68. The summed E-state index contributed by atoms with van der Waals surface area (Å²) in [4.78, 5) is 15.5. The molecular formula is C17H13NO4S. The molecule has 5 nitrogen and oxygen atoms in total. The Bertz CT molecular complexity index is 1010. The first-order chi connectivity index (χ1) is 10.9. The van der Waals surface area contributed by atoms with Crippen LogP contribution in [0.2, 0.25) is 0 Å². The Kier molecular flexibility index (Phi) is 3.61. The second kappa shape index (κ2) is 5.48. The molecule has 1 aromatic heterocycles. The molecule has 0 aliphatic rings. The number of carbonyl (C=O) groups is 1. The van der Waals surface area contributed by atoms with E-state index in [1.165, 1.54) is 18.3 Å². The van der Waals surface area contributed by atoms with Crippen molar-refractivity contribution in [3.63, 3.8) is 0 Å². The Balaban J connectivity index is 2.48. The molecule has 0 aliphatic carbocycles. The number of pyridine rings is 1. The molecule has 2 aromatic carbocycles. The summed E-state index contributed by atoms with van der Waals surface area (Å²) >= 11 is 0. The third-order valence-corrected chi connectivity index (χ3v) is 4.65. The van der Waals surface area contributed by atoms with Crippen LogP contribution in [0.25, 0.3) is 22.0 Å². The molecule has 3 aromatic rings. The van der Waals surface area contributed by atoms with Crippen molar-refractivity contribution in [2.24, 2.45) is 0 Å². The predicted molar refractivity (Wildman–Crippen MR) is 87.2 cm³/mol. The highest BCUT2D eigenvalue weighted by Crippen LogP contribution is 2.34. The number of carboxylic acids is 1. The van der Waals surface area contributed by atoms with Crippen LogP contribution in [0.15, 0.2) is 59.6 Å². The van der Waals surface area contributed by atoms with Crippen molar-refractivity contribution in [1.82, 2.24) is 4.98 Å². The highest BCUT2D eigenvalue weighted by atomic mass is 32.2. The van der Waals surface area contributed by atoms with E-state index in [-0.39, 0.29) is 10.5 Å². The fraction of sp³-hybridized carbons (Fsp3) is 0.0588. The van der Waals surface area contributed by atoms with Crippen molar-refractivity contribution in [1.29, 1.82) is 0 Å². The first kappa shape index (κ1) is 15.2. The van der Waals surface area contributed by atoms with Gasteiger partial charge in [0.2, 0.25) is 0 Å². The lowest BCUT2D eigenvalue weighted by Crippen LogP contribution is -2.03. The fourth-order valence-corrected chi connectivity index (χ4v) is 3.33. The van der Waals surface area contributed by atoms with Gasteiger partial charge in [-0.25, -0.2) is 13.2 Å². The summed E-state index contributed by atoms with van der Waals surface area (Å²) in [5.74, 6) is -1.07. The molecule has 116 valence electrons.